The molecule has 2 heteroatoms. The molecular formula is C13H11O2. The molecule has 2 aromatic carbocycles. The number of rotatable bonds is 3. The van der Waals surface area contributed by atoms with Crippen molar-refractivity contribution in [2.75, 3.05) is 6.61 Å². The zero-order valence-corrected chi connectivity index (χ0v) is 8.49. The standard InChI is InChI=1S/C13H11O2/c1-2-15-13-8-7-10(9-14)11-5-3-4-6-12(11)13/h3-8H,2H2,1H3. The van der Waals surface area contributed by atoms with Crippen molar-refractivity contribution in [3.05, 3.63) is 42.0 Å². The van der Waals surface area contributed by atoms with Crippen molar-refractivity contribution in [1.29, 1.82) is 0 Å². The van der Waals surface area contributed by atoms with E-state index < -0.39 is 0 Å². The first-order valence-corrected chi connectivity index (χ1v) is 4.89. The van der Waals surface area contributed by atoms with Crippen LogP contribution in [0.3, 0.4) is 0 Å². The smallest absolute Gasteiger partial charge is 0.234 e. The van der Waals surface area contributed by atoms with E-state index in [4.69, 9.17) is 4.74 Å². The zero-order chi connectivity index (χ0) is 10.7. The minimum atomic E-state index is 0.578. The van der Waals surface area contributed by atoms with Crippen LogP contribution in [0.15, 0.2) is 36.4 Å². The van der Waals surface area contributed by atoms with Gasteiger partial charge < -0.3 is 4.74 Å². The van der Waals surface area contributed by atoms with Gasteiger partial charge in [0.05, 0.1) is 6.61 Å². The quantitative estimate of drug-likeness (QED) is 0.759. The maximum atomic E-state index is 10.7. The van der Waals surface area contributed by atoms with E-state index in [0.29, 0.717) is 12.2 Å². The lowest BCUT2D eigenvalue weighted by Crippen LogP contribution is -1.93. The molecule has 0 unspecified atom stereocenters. The molecular weight excluding hydrogens is 188 g/mol. The highest BCUT2D eigenvalue weighted by Gasteiger charge is 2.05. The fourth-order valence-corrected chi connectivity index (χ4v) is 1.64. The lowest BCUT2D eigenvalue weighted by Gasteiger charge is -2.08. The van der Waals surface area contributed by atoms with Crippen LogP contribution in [0.4, 0.5) is 0 Å². The minimum Gasteiger partial charge on any atom is -0.493 e. The van der Waals surface area contributed by atoms with Gasteiger partial charge in [-0.3, -0.25) is 4.79 Å². The van der Waals surface area contributed by atoms with Crippen molar-refractivity contribution < 1.29 is 9.53 Å². The van der Waals surface area contributed by atoms with Crippen LogP contribution in [0.2, 0.25) is 0 Å². The summed E-state index contributed by atoms with van der Waals surface area (Å²) in [5.41, 5.74) is 0.578. The van der Waals surface area contributed by atoms with E-state index in [1.165, 1.54) is 0 Å². The Bertz CT molecular complexity index is 489. The van der Waals surface area contributed by atoms with Crippen LogP contribution in [0.1, 0.15) is 12.5 Å². The predicted octanol–water partition coefficient (Wildman–Crippen LogP) is 2.70. The van der Waals surface area contributed by atoms with Gasteiger partial charge in [-0.1, -0.05) is 24.3 Å². The molecule has 0 saturated heterocycles. The normalized spacial score (nSPS) is 10.2. The van der Waals surface area contributed by atoms with E-state index in [1.807, 2.05) is 43.5 Å². The molecule has 1 radical (unpaired) electrons. The highest BCUT2D eigenvalue weighted by Crippen LogP contribution is 2.27. The van der Waals surface area contributed by atoms with Crippen LogP contribution in [0.5, 0.6) is 5.75 Å². The van der Waals surface area contributed by atoms with E-state index in [-0.39, 0.29) is 0 Å². The molecule has 2 aromatic rings. The molecule has 2 nitrogen and oxygen atoms in total. The van der Waals surface area contributed by atoms with Crippen LogP contribution in [-0.2, 0) is 4.79 Å². The van der Waals surface area contributed by atoms with Crippen molar-refractivity contribution in [1.82, 2.24) is 0 Å². The van der Waals surface area contributed by atoms with Gasteiger partial charge in [-0.25, -0.2) is 0 Å². The van der Waals surface area contributed by atoms with Gasteiger partial charge in [0.15, 0.2) is 0 Å². The second-order valence-electron chi connectivity index (χ2n) is 3.19. The number of carbonyl (C=O) groups excluding carboxylic acids is 1. The maximum Gasteiger partial charge on any atom is 0.234 e. The predicted molar refractivity (Wildman–Crippen MR) is 59.9 cm³/mol. The Morgan fingerprint density at radius 1 is 1.13 bits per heavy atom. The molecule has 0 aliphatic heterocycles. The molecule has 0 bridgehead atoms. The van der Waals surface area contributed by atoms with Crippen LogP contribution in [0, 0.1) is 0 Å². The molecule has 75 valence electrons. The average molecular weight is 199 g/mol. The van der Waals surface area contributed by atoms with Crippen LogP contribution >= 0.6 is 0 Å². The number of ether oxygens (including phenoxy) is 1. The molecule has 15 heavy (non-hydrogen) atoms. The Morgan fingerprint density at radius 3 is 2.53 bits per heavy atom. The SMILES string of the molecule is CCOc1ccc([C]=O)c2ccccc12. The average Bonchev–Trinajstić information content (AvgIpc) is 2.30. The lowest BCUT2D eigenvalue weighted by atomic mass is 10.0. The molecule has 0 saturated carbocycles. The van der Waals surface area contributed by atoms with E-state index in [1.54, 1.807) is 6.07 Å². The fourth-order valence-electron chi connectivity index (χ4n) is 1.64. The molecule has 0 N–H and O–H groups in total. The molecule has 2 rings (SSSR count). The fraction of sp³-hybridized carbons (Fsp3) is 0.154. The van der Waals surface area contributed by atoms with E-state index >= 15 is 0 Å². The van der Waals surface area contributed by atoms with Crippen LogP contribution in [-0.4, -0.2) is 12.9 Å². The van der Waals surface area contributed by atoms with Gasteiger partial charge in [-0.05, 0) is 24.4 Å². The summed E-state index contributed by atoms with van der Waals surface area (Å²) in [7, 11) is 0. The van der Waals surface area contributed by atoms with Gasteiger partial charge >= 0.3 is 0 Å². The van der Waals surface area contributed by atoms with E-state index in [2.05, 4.69) is 0 Å². The summed E-state index contributed by atoms with van der Waals surface area (Å²) in [6.45, 7) is 2.56. The molecule has 0 amide bonds. The summed E-state index contributed by atoms with van der Waals surface area (Å²) in [6, 6.07) is 11.2. The van der Waals surface area contributed by atoms with Crippen molar-refractivity contribution in [3.63, 3.8) is 0 Å². The van der Waals surface area contributed by atoms with Crippen LogP contribution < -0.4 is 4.74 Å². The Hall–Kier alpha value is -1.83. The second-order valence-corrected chi connectivity index (χ2v) is 3.19. The van der Waals surface area contributed by atoms with Crippen molar-refractivity contribution in [2.24, 2.45) is 0 Å². The largest absolute Gasteiger partial charge is 0.493 e. The highest BCUT2D eigenvalue weighted by atomic mass is 16.5. The van der Waals surface area contributed by atoms with Crippen molar-refractivity contribution >= 4 is 17.1 Å². The Balaban J connectivity index is 2.71. The first kappa shape index (κ1) is 9.71. The summed E-state index contributed by atoms with van der Waals surface area (Å²) in [6.07, 6.45) is 1.93. The first-order valence-electron chi connectivity index (χ1n) is 4.89. The molecule has 0 aliphatic rings. The summed E-state index contributed by atoms with van der Waals surface area (Å²) < 4.78 is 5.49. The molecule has 0 spiro atoms. The number of benzene rings is 2. The summed E-state index contributed by atoms with van der Waals surface area (Å²) in [5, 5.41) is 1.85. The van der Waals surface area contributed by atoms with Crippen molar-refractivity contribution in [3.8, 4) is 5.75 Å². The van der Waals surface area contributed by atoms with E-state index in [9.17, 15) is 4.79 Å². The maximum absolute atomic E-state index is 10.7. The third-order valence-electron chi connectivity index (χ3n) is 2.29. The second kappa shape index (κ2) is 4.13. The minimum absolute atomic E-state index is 0.578. The monoisotopic (exact) mass is 199 g/mol. The van der Waals surface area contributed by atoms with Gasteiger partial charge in [0.2, 0.25) is 6.29 Å². The van der Waals surface area contributed by atoms with Crippen molar-refractivity contribution in [2.45, 2.75) is 6.92 Å². The molecule has 0 aliphatic carbocycles. The van der Waals surface area contributed by atoms with Crippen LogP contribution in [0.25, 0.3) is 10.8 Å². The summed E-state index contributed by atoms with van der Waals surface area (Å²) >= 11 is 0. The Kier molecular flexibility index (Phi) is 2.68. The molecule has 0 heterocycles. The van der Waals surface area contributed by atoms with Gasteiger partial charge in [-0.15, -0.1) is 0 Å². The molecule has 0 atom stereocenters. The Labute approximate surface area is 88.5 Å². The Morgan fingerprint density at radius 2 is 1.87 bits per heavy atom. The molecule has 0 aromatic heterocycles. The lowest BCUT2D eigenvalue weighted by molar-refractivity contribution is 0.344. The van der Waals surface area contributed by atoms with Gasteiger partial charge in [0.25, 0.3) is 0 Å². The summed E-state index contributed by atoms with van der Waals surface area (Å²) in [5.74, 6) is 0.812. The zero-order valence-electron chi connectivity index (χ0n) is 8.49. The molecule has 0 fully saturated rings. The van der Waals surface area contributed by atoms with Gasteiger partial charge in [0, 0.05) is 10.9 Å². The van der Waals surface area contributed by atoms with E-state index in [0.717, 1.165) is 16.5 Å². The number of hydrogen-bond donors (Lipinski definition) is 0. The number of hydrogen-bond acceptors (Lipinski definition) is 2. The number of fused-ring (bicyclic) bond motifs is 1. The highest BCUT2D eigenvalue weighted by molar-refractivity contribution is 6.01. The summed E-state index contributed by atoms with van der Waals surface area (Å²) in [4.78, 5) is 10.7. The third kappa shape index (κ3) is 1.71. The van der Waals surface area contributed by atoms with Gasteiger partial charge in [-0.2, -0.15) is 0 Å². The van der Waals surface area contributed by atoms with Gasteiger partial charge in [0.1, 0.15) is 5.75 Å². The first-order chi connectivity index (χ1) is 7.36. The third-order valence-corrected chi connectivity index (χ3v) is 2.29. The topological polar surface area (TPSA) is 26.3 Å².